The van der Waals surface area contributed by atoms with Gasteiger partial charge in [-0.2, -0.15) is 0 Å². The normalized spacial score (nSPS) is 29.9. The van der Waals surface area contributed by atoms with Gasteiger partial charge < -0.3 is 0 Å². The van der Waals surface area contributed by atoms with E-state index in [1.165, 1.54) is 76.2 Å². The van der Waals surface area contributed by atoms with E-state index in [4.69, 9.17) is 0 Å². The average molecular weight is 357 g/mol. The summed E-state index contributed by atoms with van der Waals surface area (Å²) in [7, 11) is 0. The summed E-state index contributed by atoms with van der Waals surface area (Å²) < 4.78 is 13.0. The van der Waals surface area contributed by atoms with Gasteiger partial charge in [-0.25, -0.2) is 4.39 Å². The van der Waals surface area contributed by atoms with Crippen LogP contribution in [0.15, 0.2) is 36.4 Å². The molecule has 2 aliphatic rings. The van der Waals surface area contributed by atoms with Gasteiger partial charge >= 0.3 is 0 Å². The summed E-state index contributed by atoms with van der Waals surface area (Å²) in [6, 6.07) is 7.07. The minimum Gasteiger partial charge on any atom is -0.207 e. The van der Waals surface area contributed by atoms with Crippen molar-refractivity contribution in [3.05, 3.63) is 47.8 Å². The van der Waals surface area contributed by atoms with Crippen LogP contribution < -0.4 is 0 Å². The molecule has 0 atom stereocenters. The summed E-state index contributed by atoms with van der Waals surface area (Å²) in [5.74, 6) is 3.44. The largest absolute Gasteiger partial charge is 0.207 e. The van der Waals surface area contributed by atoms with Crippen molar-refractivity contribution in [1.29, 1.82) is 0 Å². The first-order valence-corrected chi connectivity index (χ1v) is 11.2. The highest BCUT2D eigenvalue weighted by Gasteiger charge is 2.21. The van der Waals surface area contributed by atoms with E-state index in [9.17, 15) is 4.39 Å². The number of benzene rings is 1. The van der Waals surface area contributed by atoms with Crippen molar-refractivity contribution in [1.82, 2.24) is 0 Å². The van der Waals surface area contributed by atoms with Crippen LogP contribution in [0.3, 0.4) is 0 Å². The molecule has 0 heterocycles. The Morgan fingerprint density at radius 3 is 1.77 bits per heavy atom. The summed E-state index contributed by atoms with van der Waals surface area (Å²) in [6.45, 7) is 2.32. The van der Waals surface area contributed by atoms with Gasteiger partial charge in [0, 0.05) is 0 Å². The Kier molecular flexibility index (Phi) is 7.77. The lowest BCUT2D eigenvalue weighted by Gasteiger charge is -2.29. The minimum atomic E-state index is -0.125. The zero-order valence-corrected chi connectivity index (χ0v) is 16.6. The molecule has 0 aliphatic heterocycles. The van der Waals surface area contributed by atoms with E-state index in [0.717, 1.165) is 30.1 Å². The lowest BCUT2D eigenvalue weighted by atomic mass is 9.77. The molecule has 0 nitrogen and oxygen atoms in total. The van der Waals surface area contributed by atoms with Gasteiger partial charge in [0.05, 0.1) is 0 Å². The Morgan fingerprint density at radius 1 is 0.769 bits per heavy atom. The fourth-order valence-electron chi connectivity index (χ4n) is 5.08. The molecular formula is C25H37F. The van der Waals surface area contributed by atoms with Crippen molar-refractivity contribution in [2.24, 2.45) is 23.7 Å². The van der Waals surface area contributed by atoms with Crippen LogP contribution in [0.25, 0.3) is 0 Å². The van der Waals surface area contributed by atoms with Gasteiger partial charge in [0.25, 0.3) is 0 Å². The van der Waals surface area contributed by atoms with Crippen molar-refractivity contribution < 1.29 is 4.39 Å². The molecule has 2 fully saturated rings. The summed E-state index contributed by atoms with van der Waals surface area (Å²) >= 11 is 0. The highest BCUT2D eigenvalue weighted by molar-refractivity contribution is 5.16. The Labute approximate surface area is 160 Å². The van der Waals surface area contributed by atoms with E-state index in [-0.39, 0.29) is 5.82 Å². The molecule has 0 amide bonds. The topological polar surface area (TPSA) is 0 Å². The molecular weight excluding hydrogens is 319 g/mol. The molecule has 0 radical (unpaired) electrons. The first kappa shape index (κ1) is 19.6. The Morgan fingerprint density at radius 2 is 1.27 bits per heavy atom. The molecule has 0 saturated heterocycles. The van der Waals surface area contributed by atoms with Gasteiger partial charge in [-0.05, 0) is 106 Å². The van der Waals surface area contributed by atoms with E-state index >= 15 is 0 Å². The predicted octanol–water partition coefficient (Wildman–Crippen LogP) is 7.73. The van der Waals surface area contributed by atoms with E-state index in [1.54, 1.807) is 12.1 Å². The molecule has 0 spiro atoms. The molecule has 2 aliphatic carbocycles. The average Bonchev–Trinajstić information content (AvgIpc) is 2.68. The minimum absolute atomic E-state index is 0.125. The maximum atomic E-state index is 13.0. The smallest absolute Gasteiger partial charge is 0.123 e. The van der Waals surface area contributed by atoms with Crippen LogP contribution in [0.1, 0.15) is 83.1 Å². The summed E-state index contributed by atoms with van der Waals surface area (Å²) in [6.07, 6.45) is 21.6. The fraction of sp³-hybridized carbons (Fsp3) is 0.680. The molecule has 144 valence electrons. The highest BCUT2D eigenvalue weighted by atomic mass is 19.1. The van der Waals surface area contributed by atoms with E-state index in [1.807, 2.05) is 12.1 Å². The Hall–Kier alpha value is -1.11. The molecule has 3 rings (SSSR count). The number of allylic oxidation sites excluding steroid dienone is 2. The lowest BCUT2D eigenvalue weighted by molar-refractivity contribution is 0.285. The highest BCUT2D eigenvalue weighted by Crippen LogP contribution is 2.35. The quantitative estimate of drug-likeness (QED) is 0.438. The van der Waals surface area contributed by atoms with Gasteiger partial charge in [0.15, 0.2) is 0 Å². The first-order valence-electron chi connectivity index (χ1n) is 11.2. The van der Waals surface area contributed by atoms with Crippen molar-refractivity contribution in [3.63, 3.8) is 0 Å². The molecule has 2 saturated carbocycles. The number of rotatable bonds is 7. The Balaban J connectivity index is 1.33. The third kappa shape index (κ3) is 6.25. The summed E-state index contributed by atoms with van der Waals surface area (Å²) in [5, 5.41) is 0. The van der Waals surface area contributed by atoms with Gasteiger partial charge in [-0.3, -0.25) is 0 Å². The number of hydrogen-bond donors (Lipinski definition) is 0. The van der Waals surface area contributed by atoms with Crippen LogP contribution in [0.5, 0.6) is 0 Å². The number of aryl methyl sites for hydroxylation is 1. The van der Waals surface area contributed by atoms with Gasteiger partial charge in [-0.15, -0.1) is 0 Å². The van der Waals surface area contributed by atoms with Crippen LogP contribution >= 0.6 is 0 Å². The Bertz CT molecular complexity index is 528. The second-order valence-corrected chi connectivity index (χ2v) is 8.90. The first-order chi connectivity index (χ1) is 12.7. The molecule has 1 aromatic carbocycles. The summed E-state index contributed by atoms with van der Waals surface area (Å²) in [5.41, 5.74) is 1.28. The van der Waals surface area contributed by atoms with Crippen LogP contribution in [0, 0.1) is 29.5 Å². The second-order valence-electron chi connectivity index (χ2n) is 8.90. The zero-order valence-electron chi connectivity index (χ0n) is 16.6. The van der Waals surface area contributed by atoms with Crippen molar-refractivity contribution in [3.8, 4) is 0 Å². The second kappa shape index (κ2) is 10.3. The van der Waals surface area contributed by atoms with E-state index < -0.39 is 0 Å². The third-order valence-electron chi connectivity index (χ3n) is 6.89. The van der Waals surface area contributed by atoms with Gasteiger partial charge in [0.1, 0.15) is 5.82 Å². The molecule has 0 aromatic heterocycles. The number of halogens is 1. The SMILES string of the molecule is CCC[C@H]1CC[C@H](/C=C/[C@H]2CC[C@H](CCc3ccc(F)cc3)CC2)CC1. The maximum absolute atomic E-state index is 13.0. The molecule has 26 heavy (non-hydrogen) atoms. The zero-order chi connectivity index (χ0) is 18.2. The van der Waals surface area contributed by atoms with Crippen molar-refractivity contribution >= 4 is 0 Å². The lowest BCUT2D eigenvalue weighted by Crippen LogP contribution is -2.15. The maximum Gasteiger partial charge on any atom is 0.123 e. The number of hydrogen-bond acceptors (Lipinski definition) is 0. The monoisotopic (exact) mass is 356 g/mol. The predicted molar refractivity (Wildman–Crippen MR) is 110 cm³/mol. The van der Waals surface area contributed by atoms with E-state index in [2.05, 4.69) is 19.1 Å². The van der Waals surface area contributed by atoms with Crippen LogP contribution in [0.4, 0.5) is 4.39 Å². The van der Waals surface area contributed by atoms with Crippen LogP contribution in [0.2, 0.25) is 0 Å². The molecule has 1 aromatic rings. The molecule has 1 heteroatoms. The van der Waals surface area contributed by atoms with Crippen molar-refractivity contribution in [2.75, 3.05) is 0 Å². The van der Waals surface area contributed by atoms with Crippen molar-refractivity contribution in [2.45, 2.75) is 84.0 Å². The third-order valence-corrected chi connectivity index (χ3v) is 6.89. The van der Waals surface area contributed by atoms with Crippen LogP contribution in [-0.2, 0) is 6.42 Å². The molecule has 0 N–H and O–H groups in total. The van der Waals surface area contributed by atoms with Crippen LogP contribution in [-0.4, -0.2) is 0 Å². The molecule has 0 bridgehead atoms. The van der Waals surface area contributed by atoms with Gasteiger partial charge in [0.2, 0.25) is 0 Å². The molecule has 0 unspecified atom stereocenters. The fourth-order valence-corrected chi connectivity index (χ4v) is 5.08. The standard InChI is InChI=1S/C25H37F/c1-2-3-20-4-6-21(7-5-20)8-9-22-10-12-23(13-11-22)14-15-24-16-18-25(26)19-17-24/h8-9,16-23H,2-7,10-15H2,1H3/b9-8+/t20-,21-,22-,23-. The van der Waals surface area contributed by atoms with Gasteiger partial charge in [-0.1, -0.05) is 44.1 Å². The summed E-state index contributed by atoms with van der Waals surface area (Å²) in [4.78, 5) is 0. The van der Waals surface area contributed by atoms with E-state index in [0.29, 0.717) is 0 Å².